The molecule has 3 aromatic rings. The van der Waals surface area contributed by atoms with E-state index in [1.54, 1.807) is 12.1 Å². The van der Waals surface area contributed by atoms with Crippen LogP contribution in [0.25, 0.3) is 10.2 Å². The van der Waals surface area contributed by atoms with Gasteiger partial charge in [0, 0.05) is 17.8 Å². The number of fused-ring (bicyclic) bond motifs is 1. The largest absolute Gasteiger partial charge is 0.506 e. The molecule has 0 atom stereocenters. The zero-order valence-corrected chi connectivity index (χ0v) is 13.3. The molecule has 2 aromatic heterocycles. The number of benzene rings is 1. The van der Waals surface area contributed by atoms with Crippen molar-refractivity contribution in [3.8, 4) is 11.8 Å². The van der Waals surface area contributed by atoms with Crippen LogP contribution >= 0.6 is 22.9 Å². The molecule has 0 aliphatic heterocycles. The molecule has 0 bridgehead atoms. The normalized spacial score (nSPS) is 10.4. The van der Waals surface area contributed by atoms with Crippen molar-refractivity contribution < 1.29 is 9.90 Å². The molecule has 0 fully saturated rings. The number of aromatic nitrogens is 1. The van der Waals surface area contributed by atoms with E-state index in [0.717, 1.165) is 5.56 Å². The summed E-state index contributed by atoms with van der Waals surface area (Å²) in [7, 11) is 0. The van der Waals surface area contributed by atoms with Gasteiger partial charge in [0.15, 0.2) is 0 Å². The summed E-state index contributed by atoms with van der Waals surface area (Å²) in [6, 6.07) is 10.6. The number of nitriles is 1. The minimum atomic E-state index is -0.434. The molecule has 0 unspecified atom stereocenters. The monoisotopic (exact) mass is 343 g/mol. The summed E-state index contributed by atoms with van der Waals surface area (Å²) in [5, 5.41) is 22.9. The Hall–Kier alpha value is -2.62. The summed E-state index contributed by atoms with van der Waals surface area (Å²) in [6.07, 6.45) is 1.31. The van der Waals surface area contributed by atoms with Gasteiger partial charge >= 0.3 is 0 Å². The van der Waals surface area contributed by atoms with E-state index in [1.165, 1.54) is 23.6 Å². The van der Waals surface area contributed by atoms with Crippen LogP contribution in [0.5, 0.6) is 5.75 Å². The number of nitrogens with one attached hydrogen (secondary N) is 1. The van der Waals surface area contributed by atoms with E-state index in [-0.39, 0.29) is 11.3 Å². The fraction of sp³-hybridized carbons (Fsp3) is 0.0625. The lowest BCUT2D eigenvalue weighted by atomic mass is 10.1. The van der Waals surface area contributed by atoms with E-state index in [0.29, 0.717) is 26.7 Å². The smallest absolute Gasteiger partial charge is 0.256 e. The number of rotatable bonds is 3. The van der Waals surface area contributed by atoms with Crippen molar-refractivity contribution in [3.63, 3.8) is 0 Å². The van der Waals surface area contributed by atoms with E-state index in [4.69, 9.17) is 16.9 Å². The minimum absolute atomic E-state index is 0.0775. The molecule has 114 valence electrons. The number of hydrogen-bond donors (Lipinski definition) is 2. The Kier molecular flexibility index (Phi) is 4.15. The van der Waals surface area contributed by atoms with Gasteiger partial charge in [0.05, 0.1) is 5.39 Å². The average molecular weight is 344 g/mol. The van der Waals surface area contributed by atoms with E-state index < -0.39 is 5.91 Å². The molecule has 0 saturated heterocycles. The number of carbonyl (C=O) groups excluding carboxylic acids is 1. The molecule has 7 heteroatoms. The number of thiophene rings is 1. The Morgan fingerprint density at radius 1 is 1.39 bits per heavy atom. The summed E-state index contributed by atoms with van der Waals surface area (Å²) < 4.78 is 0. The van der Waals surface area contributed by atoms with Crippen LogP contribution in [-0.4, -0.2) is 16.0 Å². The third-order valence-electron chi connectivity index (χ3n) is 3.25. The fourth-order valence-electron chi connectivity index (χ4n) is 2.08. The van der Waals surface area contributed by atoms with E-state index in [2.05, 4.69) is 10.3 Å². The van der Waals surface area contributed by atoms with E-state index in [1.807, 2.05) is 18.2 Å². The highest BCUT2D eigenvalue weighted by molar-refractivity contribution is 7.19. The Morgan fingerprint density at radius 2 is 2.13 bits per heavy atom. The molecule has 0 aliphatic carbocycles. The molecule has 0 saturated carbocycles. The van der Waals surface area contributed by atoms with Crippen LogP contribution in [0.2, 0.25) is 5.02 Å². The van der Waals surface area contributed by atoms with Gasteiger partial charge in [-0.1, -0.05) is 23.7 Å². The Balaban J connectivity index is 1.82. The van der Waals surface area contributed by atoms with Crippen LogP contribution in [0.1, 0.15) is 20.8 Å². The van der Waals surface area contributed by atoms with Crippen molar-refractivity contribution in [2.24, 2.45) is 0 Å². The predicted octanol–water partition coefficient (Wildman–Crippen LogP) is 3.46. The number of pyridine rings is 1. The van der Waals surface area contributed by atoms with Crippen molar-refractivity contribution >= 4 is 39.1 Å². The highest BCUT2D eigenvalue weighted by atomic mass is 35.5. The van der Waals surface area contributed by atoms with Crippen molar-refractivity contribution in [3.05, 3.63) is 57.6 Å². The molecule has 2 heterocycles. The van der Waals surface area contributed by atoms with E-state index in [9.17, 15) is 9.90 Å². The Bertz CT molecular complexity index is 929. The minimum Gasteiger partial charge on any atom is -0.506 e. The molecular formula is C16H10ClN3O2S. The lowest BCUT2D eigenvalue weighted by Crippen LogP contribution is -2.23. The van der Waals surface area contributed by atoms with Crippen LogP contribution in [-0.2, 0) is 6.54 Å². The van der Waals surface area contributed by atoms with Crippen molar-refractivity contribution in [1.29, 1.82) is 5.26 Å². The first-order valence-corrected chi connectivity index (χ1v) is 7.82. The van der Waals surface area contributed by atoms with Crippen molar-refractivity contribution in [1.82, 2.24) is 10.3 Å². The molecule has 2 N–H and O–H groups in total. The van der Waals surface area contributed by atoms with Gasteiger partial charge in [-0.15, -0.1) is 11.3 Å². The molecule has 3 rings (SSSR count). The second-order valence-corrected chi connectivity index (χ2v) is 6.24. The molecule has 5 nitrogen and oxygen atoms in total. The summed E-state index contributed by atoms with van der Waals surface area (Å²) in [6.45, 7) is 0.306. The van der Waals surface area contributed by atoms with Gasteiger partial charge < -0.3 is 10.4 Å². The SMILES string of the molecule is N#Cc1cc2c(O)c(C(=O)NCc3ccc(Cl)cc3)cnc2s1. The zero-order chi connectivity index (χ0) is 16.4. The highest BCUT2D eigenvalue weighted by Crippen LogP contribution is 2.32. The van der Waals surface area contributed by atoms with Gasteiger partial charge in [0.1, 0.15) is 27.1 Å². The number of nitrogens with zero attached hydrogens (tertiary/aromatic N) is 2. The third kappa shape index (κ3) is 3.11. The number of hydrogen-bond acceptors (Lipinski definition) is 5. The Labute approximate surface area is 140 Å². The van der Waals surface area contributed by atoms with Gasteiger partial charge in [0.2, 0.25) is 0 Å². The molecular weight excluding hydrogens is 334 g/mol. The topological polar surface area (TPSA) is 86.0 Å². The number of aromatic hydroxyl groups is 1. The third-order valence-corrected chi connectivity index (χ3v) is 4.45. The van der Waals surface area contributed by atoms with Crippen LogP contribution < -0.4 is 5.32 Å². The molecule has 23 heavy (non-hydrogen) atoms. The first-order chi connectivity index (χ1) is 11.1. The summed E-state index contributed by atoms with van der Waals surface area (Å²) in [4.78, 5) is 17.3. The predicted molar refractivity (Wildman–Crippen MR) is 88.6 cm³/mol. The van der Waals surface area contributed by atoms with Gasteiger partial charge in [0.25, 0.3) is 5.91 Å². The van der Waals surface area contributed by atoms with Gasteiger partial charge in [-0.2, -0.15) is 5.26 Å². The summed E-state index contributed by atoms with van der Waals surface area (Å²) in [5.41, 5.74) is 0.965. The molecule has 0 aliphatic rings. The van der Waals surface area contributed by atoms with Crippen LogP contribution in [0.15, 0.2) is 36.5 Å². The maximum atomic E-state index is 12.2. The maximum Gasteiger partial charge on any atom is 0.256 e. The van der Waals surface area contributed by atoms with Gasteiger partial charge in [-0.3, -0.25) is 4.79 Å². The van der Waals surface area contributed by atoms with Crippen LogP contribution in [0, 0.1) is 11.3 Å². The highest BCUT2D eigenvalue weighted by Gasteiger charge is 2.16. The van der Waals surface area contributed by atoms with Crippen molar-refractivity contribution in [2.75, 3.05) is 0 Å². The average Bonchev–Trinajstić information content (AvgIpc) is 2.99. The second-order valence-electron chi connectivity index (χ2n) is 4.77. The number of halogens is 1. The van der Waals surface area contributed by atoms with Crippen molar-refractivity contribution in [2.45, 2.75) is 6.54 Å². The molecule has 1 aromatic carbocycles. The maximum absolute atomic E-state index is 12.2. The molecule has 0 spiro atoms. The standard InChI is InChI=1S/C16H10ClN3O2S/c17-10-3-1-9(2-4-10)7-19-15(22)13-8-20-16-12(14(13)21)5-11(6-18)23-16/h1-5,8H,7H2,(H,19,22)(H,20,21). The quantitative estimate of drug-likeness (QED) is 0.762. The van der Waals surface area contributed by atoms with Crippen LogP contribution in [0.3, 0.4) is 0 Å². The zero-order valence-electron chi connectivity index (χ0n) is 11.7. The van der Waals surface area contributed by atoms with Gasteiger partial charge in [-0.05, 0) is 23.8 Å². The molecule has 1 amide bonds. The lowest BCUT2D eigenvalue weighted by molar-refractivity contribution is 0.0948. The van der Waals surface area contributed by atoms with Crippen LogP contribution in [0.4, 0.5) is 0 Å². The first-order valence-electron chi connectivity index (χ1n) is 6.62. The summed E-state index contributed by atoms with van der Waals surface area (Å²) in [5.74, 6) is -0.599. The first kappa shape index (κ1) is 15.3. The fourth-order valence-corrected chi connectivity index (χ4v) is 3.01. The lowest BCUT2D eigenvalue weighted by Gasteiger charge is -2.07. The second kappa shape index (κ2) is 6.24. The Morgan fingerprint density at radius 3 is 2.83 bits per heavy atom. The number of amides is 1. The van der Waals surface area contributed by atoms with Gasteiger partial charge in [-0.25, -0.2) is 4.98 Å². The molecule has 0 radical (unpaired) electrons. The number of carbonyl (C=O) groups is 1. The summed E-state index contributed by atoms with van der Waals surface area (Å²) >= 11 is 6.98. The van der Waals surface area contributed by atoms with E-state index >= 15 is 0 Å².